The molecule has 0 bridgehead atoms. The maximum Gasteiger partial charge on any atom is 0.240 e. The third-order valence-electron chi connectivity index (χ3n) is 3.44. The number of anilines is 1. The Hall–Kier alpha value is -1.07. The van der Waals surface area contributed by atoms with E-state index in [9.17, 15) is 8.42 Å². The van der Waals surface area contributed by atoms with Crippen molar-refractivity contribution in [3.05, 3.63) is 23.8 Å². The summed E-state index contributed by atoms with van der Waals surface area (Å²) in [7, 11) is -3.49. The van der Waals surface area contributed by atoms with Crippen LogP contribution in [0.5, 0.6) is 0 Å². The van der Waals surface area contributed by atoms with Crippen molar-refractivity contribution in [3.8, 4) is 0 Å². The fourth-order valence-electron chi connectivity index (χ4n) is 1.56. The Labute approximate surface area is 116 Å². The molecule has 5 heteroatoms. The number of nitrogen functional groups attached to an aromatic ring is 1. The molecular weight excluding hydrogens is 260 g/mol. The van der Waals surface area contributed by atoms with Gasteiger partial charge in [0, 0.05) is 12.2 Å². The molecule has 0 heterocycles. The molecule has 3 N–H and O–H groups in total. The molecule has 0 aromatic heterocycles. The molecule has 1 rings (SSSR count). The van der Waals surface area contributed by atoms with Crippen LogP contribution in [0.15, 0.2) is 23.1 Å². The van der Waals surface area contributed by atoms with Crippen LogP contribution in [-0.2, 0) is 10.0 Å². The molecule has 108 valence electrons. The van der Waals surface area contributed by atoms with Crippen LogP contribution in [0.1, 0.15) is 33.3 Å². The third-order valence-corrected chi connectivity index (χ3v) is 4.84. The van der Waals surface area contributed by atoms with Crippen molar-refractivity contribution < 1.29 is 8.42 Å². The molecule has 19 heavy (non-hydrogen) atoms. The highest BCUT2D eigenvalue weighted by atomic mass is 32.2. The normalized spacial score (nSPS) is 14.4. The van der Waals surface area contributed by atoms with Crippen LogP contribution in [0.3, 0.4) is 0 Å². The van der Waals surface area contributed by atoms with E-state index in [-0.39, 0.29) is 16.2 Å². The largest absolute Gasteiger partial charge is 0.399 e. The predicted octanol–water partition coefficient (Wildman–Crippen LogP) is 2.54. The first-order chi connectivity index (χ1) is 8.52. The van der Waals surface area contributed by atoms with Gasteiger partial charge in [0.25, 0.3) is 0 Å². The minimum atomic E-state index is -3.49. The molecule has 0 fully saturated rings. The number of sulfonamides is 1. The number of nitrogens with two attached hydrogens (primary N) is 1. The SMILES string of the molecule is Cc1cc(N)cc(S(=O)(=O)NCC(C)C(C)(C)C)c1. The molecule has 0 saturated heterocycles. The highest BCUT2D eigenvalue weighted by Gasteiger charge is 2.23. The van der Waals surface area contributed by atoms with E-state index in [0.717, 1.165) is 5.56 Å². The zero-order valence-corrected chi connectivity index (χ0v) is 13.1. The highest BCUT2D eigenvalue weighted by molar-refractivity contribution is 7.89. The lowest BCUT2D eigenvalue weighted by atomic mass is 9.82. The molecule has 4 nitrogen and oxygen atoms in total. The monoisotopic (exact) mass is 284 g/mol. The lowest BCUT2D eigenvalue weighted by Gasteiger charge is -2.27. The molecule has 1 unspecified atom stereocenters. The second-order valence-electron chi connectivity index (χ2n) is 6.20. The van der Waals surface area contributed by atoms with Crippen molar-refractivity contribution in [1.29, 1.82) is 0 Å². The fraction of sp³-hybridized carbons (Fsp3) is 0.571. The van der Waals surface area contributed by atoms with Crippen molar-refractivity contribution in [2.45, 2.75) is 39.5 Å². The van der Waals surface area contributed by atoms with Gasteiger partial charge in [-0.1, -0.05) is 27.7 Å². The quantitative estimate of drug-likeness (QED) is 0.835. The summed E-state index contributed by atoms with van der Waals surface area (Å²) < 4.78 is 27.1. The van der Waals surface area contributed by atoms with Gasteiger partial charge < -0.3 is 5.73 Å². The van der Waals surface area contributed by atoms with E-state index in [0.29, 0.717) is 12.2 Å². The summed E-state index contributed by atoms with van der Waals surface area (Å²) in [6.45, 7) is 10.6. The topological polar surface area (TPSA) is 72.2 Å². The van der Waals surface area contributed by atoms with E-state index >= 15 is 0 Å². The smallest absolute Gasteiger partial charge is 0.240 e. The summed E-state index contributed by atoms with van der Waals surface area (Å²) in [5.41, 5.74) is 7.05. The number of aryl methyl sites for hydroxylation is 1. The fourth-order valence-corrected chi connectivity index (χ4v) is 2.82. The lowest BCUT2D eigenvalue weighted by Crippen LogP contribution is -2.33. The van der Waals surface area contributed by atoms with Crippen LogP contribution in [-0.4, -0.2) is 15.0 Å². The second-order valence-corrected chi connectivity index (χ2v) is 7.97. The molecule has 1 aromatic rings. The van der Waals surface area contributed by atoms with Crippen LogP contribution in [0, 0.1) is 18.3 Å². The first kappa shape index (κ1) is 16.0. The minimum Gasteiger partial charge on any atom is -0.399 e. The van der Waals surface area contributed by atoms with Gasteiger partial charge in [-0.25, -0.2) is 13.1 Å². The van der Waals surface area contributed by atoms with Crippen LogP contribution < -0.4 is 10.5 Å². The van der Waals surface area contributed by atoms with Crippen molar-refractivity contribution in [3.63, 3.8) is 0 Å². The number of rotatable bonds is 4. The van der Waals surface area contributed by atoms with Crippen LogP contribution >= 0.6 is 0 Å². The van der Waals surface area contributed by atoms with Gasteiger partial charge in [-0.2, -0.15) is 0 Å². The van der Waals surface area contributed by atoms with E-state index in [1.165, 1.54) is 6.07 Å². The summed E-state index contributed by atoms with van der Waals surface area (Å²) in [6, 6.07) is 4.86. The molecule has 1 atom stereocenters. The van der Waals surface area contributed by atoms with Crippen LogP contribution in [0.2, 0.25) is 0 Å². The maximum atomic E-state index is 12.2. The Balaban J connectivity index is 2.88. The van der Waals surface area contributed by atoms with Crippen molar-refractivity contribution in [1.82, 2.24) is 4.72 Å². The van der Waals surface area contributed by atoms with Crippen LogP contribution in [0.4, 0.5) is 5.69 Å². The molecule has 0 amide bonds. The lowest BCUT2D eigenvalue weighted by molar-refractivity contribution is 0.263. The van der Waals surface area contributed by atoms with Crippen molar-refractivity contribution >= 4 is 15.7 Å². The minimum absolute atomic E-state index is 0.0636. The Morgan fingerprint density at radius 2 is 1.84 bits per heavy atom. The molecule has 0 aliphatic carbocycles. The zero-order valence-electron chi connectivity index (χ0n) is 12.3. The average Bonchev–Trinajstić information content (AvgIpc) is 2.23. The number of benzene rings is 1. The van der Waals surface area contributed by atoms with Gasteiger partial charge in [-0.15, -0.1) is 0 Å². The first-order valence-electron chi connectivity index (χ1n) is 6.39. The van der Waals surface area contributed by atoms with Crippen LogP contribution in [0.25, 0.3) is 0 Å². The van der Waals surface area contributed by atoms with Gasteiger partial charge in [-0.3, -0.25) is 0 Å². The molecule has 0 aliphatic heterocycles. The molecule has 0 spiro atoms. The molecular formula is C14H24N2O2S. The van der Waals surface area contributed by atoms with E-state index < -0.39 is 10.0 Å². The summed E-state index contributed by atoms with van der Waals surface area (Å²) in [5.74, 6) is 0.240. The average molecular weight is 284 g/mol. The highest BCUT2D eigenvalue weighted by Crippen LogP contribution is 2.25. The maximum absolute atomic E-state index is 12.2. The zero-order chi connectivity index (χ0) is 14.8. The number of hydrogen-bond donors (Lipinski definition) is 2. The molecule has 1 aromatic carbocycles. The summed E-state index contributed by atoms with van der Waals surface area (Å²) in [4.78, 5) is 0.228. The third kappa shape index (κ3) is 4.51. The molecule has 0 radical (unpaired) electrons. The van der Waals surface area contributed by atoms with Gasteiger partial charge in [0.15, 0.2) is 0 Å². The summed E-state index contributed by atoms with van der Waals surface area (Å²) in [6.07, 6.45) is 0. The predicted molar refractivity (Wildman–Crippen MR) is 79.4 cm³/mol. The van der Waals surface area contributed by atoms with E-state index in [1.807, 2.05) is 13.8 Å². The molecule has 0 saturated carbocycles. The Morgan fingerprint density at radius 1 is 1.26 bits per heavy atom. The summed E-state index contributed by atoms with van der Waals surface area (Å²) in [5, 5.41) is 0. The van der Waals surface area contributed by atoms with Gasteiger partial charge in [0.05, 0.1) is 4.90 Å². The van der Waals surface area contributed by atoms with Gasteiger partial charge >= 0.3 is 0 Å². The first-order valence-corrected chi connectivity index (χ1v) is 7.87. The standard InChI is InChI=1S/C14H24N2O2S/c1-10-6-12(15)8-13(7-10)19(17,18)16-9-11(2)14(3,4)5/h6-8,11,16H,9,15H2,1-5H3. The Kier molecular flexibility index (Phi) is 4.63. The second kappa shape index (κ2) is 5.51. The van der Waals surface area contributed by atoms with E-state index in [2.05, 4.69) is 25.5 Å². The van der Waals surface area contributed by atoms with E-state index in [1.54, 1.807) is 12.1 Å². The van der Waals surface area contributed by atoms with Gasteiger partial charge in [-0.05, 0) is 42.0 Å². The number of hydrogen-bond acceptors (Lipinski definition) is 3. The number of nitrogens with one attached hydrogen (secondary N) is 1. The van der Waals surface area contributed by atoms with Crippen molar-refractivity contribution in [2.75, 3.05) is 12.3 Å². The van der Waals surface area contributed by atoms with Gasteiger partial charge in [0.1, 0.15) is 0 Å². The van der Waals surface area contributed by atoms with Gasteiger partial charge in [0.2, 0.25) is 10.0 Å². The Bertz CT molecular complexity index is 525. The molecule has 0 aliphatic rings. The van der Waals surface area contributed by atoms with E-state index in [4.69, 9.17) is 5.73 Å². The summed E-state index contributed by atoms with van der Waals surface area (Å²) >= 11 is 0. The van der Waals surface area contributed by atoms with Crippen molar-refractivity contribution in [2.24, 2.45) is 11.3 Å². The Morgan fingerprint density at radius 3 is 2.32 bits per heavy atom.